The molecule has 31 heavy (non-hydrogen) atoms. The van der Waals surface area contributed by atoms with Gasteiger partial charge in [0.05, 0.1) is 6.61 Å². The van der Waals surface area contributed by atoms with Crippen molar-refractivity contribution in [3.63, 3.8) is 0 Å². The van der Waals surface area contributed by atoms with Gasteiger partial charge in [-0.15, -0.1) is 11.8 Å². The van der Waals surface area contributed by atoms with Crippen molar-refractivity contribution < 1.29 is 29.3 Å². The number of rotatable bonds is 10. The zero-order valence-electron chi connectivity index (χ0n) is 17.7. The molecule has 0 aliphatic rings. The van der Waals surface area contributed by atoms with Gasteiger partial charge in [0.1, 0.15) is 18.5 Å². The Bertz CT molecular complexity index is 893. The minimum absolute atomic E-state index is 0.0986. The first kappa shape index (κ1) is 24.3. The van der Waals surface area contributed by atoms with Gasteiger partial charge in [0.2, 0.25) is 0 Å². The Morgan fingerprint density at radius 1 is 1.13 bits per heavy atom. The number of carboxylic acid groups (broad SMARTS) is 1. The molecule has 2 aromatic carbocycles. The van der Waals surface area contributed by atoms with Crippen LogP contribution in [0.15, 0.2) is 65.6 Å². The Balaban J connectivity index is 2.23. The summed E-state index contributed by atoms with van der Waals surface area (Å²) in [5, 5.41) is 20.6. The van der Waals surface area contributed by atoms with Crippen LogP contribution in [0, 0.1) is 5.41 Å². The van der Waals surface area contributed by atoms with Gasteiger partial charge in [-0.25, -0.2) is 9.59 Å². The van der Waals surface area contributed by atoms with Crippen LogP contribution in [-0.4, -0.2) is 41.7 Å². The predicted molar refractivity (Wildman–Crippen MR) is 121 cm³/mol. The highest BCUT2D eigenvalue weighted by atomic mass is 32.2. The lowest BCUT2D eigenvalue weighted by atomic mass is 9.82. The predicted octanol–water partition coefficient (Wildman–Crippen LogP) is 4.74. The van der Waals surface area contributed by atoms with Crippen LogP contribution in [0.4, 0.5) is 10.5 Å². The van der Waals surface area contributed by atoms with Gasteiger partial charge in [-0.1, -0.05) is 32.1 Å². The van der Waals surface area contributed by atoms with E-state index < -0.39 is 23.6 Å². The average Bonchev–Trinajstić information content (AvgIpc) is 2.75. The topological polar surface area (TPSA) is 105 Å². The lowest BCUT2D eigenvalue weighted by molar-refractivity contribution is -0.131. The highest BCUT2D eigenvalue weighted by molar-refractivity contribution is 7.98. The zero-order chi connectivity index (χ0) is 22.9. The van der Waals surface area contributed by atoms with E-state index in [-0.39, 0.29) is 13.2 Å². The number of aliphatic carboxylic acids is 1. The third-order valence-electron chi connectivity index (χ3n) is 4.44. The minimum atomic E-state index is -1.09. The number of aliphatic hydroxyl groups is 1. The van der Waals surface area contributed by atoms with Gasteiger partial charge in [0.15, 0.2) is 0 Å². The Kier molecular flexibility index (Phi) is 8.96. The monoisotopic (exact) mass is 445 g/mol. The van der Waals surface area contributed by atoms with Crippen LogP contribution >= 0.6 is 11.8 Å². The Morgan fingerprint density at radius 2 is 1.77 bits per heavy atom. The van der Waals surface area contributed by atoms with E-state index in [1.54, 1.807) is 62.0 Å². The summed E-state index contributed by atoms with van der Waals surface area (Å²) in [6.07, 6.45) is 3.08. The van der Waals surface area contributed by atoms with Gasteiger partial charge >= 0.3 is 12.1 Å². The van der Waals surface area contributed by atoms with E-state index in [4.69, 9.17) is 19.7 Å². The summed E-state index contributed by atoms with van der Waals surface area (Å²) in [7, 11) is 0. The summed E-state index contributed by atoms with van der Waals surface area (Å²) in [6, 6.07) is 14.2. The number of aliphatic hydroxyl groups excluding tert-OH is 1. The molecule has 2 rings (SSSR count). The summed E-state index contributed by atoms with van der Waals surface area (Å²) < 4.78 is 11.1. The van der Waals surface area contributed by atoms with Gasteiger partial charge in [0.25, 0.3) is 0 Å². The molecule has 0 aliphatic heterocycles. The molecule has 0 fully saturated rings. The summed E-state index contributed by atoms with van der Waals surface area (Å²) in [5.74, 6) is -0.522. The maximum absolute atomic E-state index is 12.6. The summed E-state index contributed by atoms with van der Waals surface area (Å²) in [4.78, 5) is 24.7. The second-order valence-electron chi connectivity index (χ2n) is 7.27. The lowest BCUT2D eigenvalue weighted by Crippen LogP contribution is -2.27. The van der Waals surface area contributed by atoms with Crippen LogP contribution in [0.1, 0.15) is 25.5 Å². The molecular weight excluding hydrogens is 418 g/mol. The van der Waals surface area contributed by atoms with E-state index in [9.17, 15) is 9.59 Å². The molecule has 3 N–H and O–H groups in total. The van der Waals surface area contributed by atoms with Gasteiger partial charge in [-0.05, 0) is 48.2 Å². The van der Waals surface area contributed by atoms with Crippen molar-refractivity contribution in [3.8, 4) is 5.75 Å². The van der Waals surface area contributed by atoms with Crippen LogP contribution in [0.5, 0.6) is 5.75 Å². The first-order valence-electron chi connectivity index (χ1n) is 9.62. The Morgan fingerprint density at radius 3 is 2.32 bits per heavy atom. The smallest absolute Gasteiger partial charge is 0.412 e. The second kappa shape index (κ2) is 11.4. The number of carbonyl (C=O) groups is 2. The first-order chi connectivity index (χ1) is 14.7. The molecule has 1 amide bonds. The van der Waals surface area contributed by atoms with Crippen LogP contribution < -0.4 is 10.1 Å². The van der Waals surface area contributed by atoms with Crippen molar-refractivity contribution in [1.29, 1.82) is 0 Å². The van der Waals surface area contributed by atoms with Crippen molar-refractivity contribution in [1.82, 2.24) is 0 Å². The van der Waals surface area contributed by atoms with Crippen molar-refractivity contribution in [2.75, 3.05) is 24.8 Å². The number of ether oxygens (including phenoxy) is 2. The summed E-state index contributed by atoms with van der Waals surface area (Å²) in [6.45, 7) is 3.64. The number of thioether (sulfide) groups is 1. The van der Waals surface area contributed by atoms with Crippen molar-refractivity contribution in [2.24, 2.45) is 5.41 Å². The molecular formula is C23H27NO6S. The number of hydrogen-bond acceptors (Lipinski definition) is 6. The zero-order valence-corrected chi connectivity index (χ0v) is 18.5. The molecule has 0 saturated carbocycles. The molecule has 0 bridgehead atoms. The SMILES string of the molecule is CSc1ccc(NC(=O)O[C@H](c2ccc(OCCO)cc2)C(C)(C)/C=C/C(=O)O)cc1. The molecule has 1 atom stereocenters. The fraction of sp³-hybridized carbons (Fsp3) is 0.304. The largest absolute Gasteiger partial charge is 0.491 e. The van der Waals surface area contributed by atoms with E-state index in [1.807, 2.05) is 18.4 Å². The molecule has 0 spiro atoms. The highest BCUT2D eigenvalue weighted by Gasteiger charge is 2.32. The van der Waals surface area contributed by atoms with Crippen LogP contribution in [-0.2, 0) is 9.53 Å². The molecule has 2 aromatic rings. The maximum atomic E-state index is 12.6. The number of anilines is 1. The van der Waals surface area contributed by atoms with E-state index >= 15 is 0 Å². The molecule has 0 aliphatic carbocycles. The number of benzene rings is 2. The van der Waals surface area contributed by atoms with E-state index in [0.717, 1.165) is 11.0 Å². The minimum Gasteiger partial charge on any atom is -0.491 e. The standard InChI is InChI=1S/C23H27NO6S/c1-23(2,13-12-20(26)27)21(16-4-8-18(9-5-16)29-15-14-25)30-22(28)24-17-6-10-19(31-3)11-7-17/h4-13,21,25H,14-15H2,1-3H3,(H,24,28)(H,26,27)/b13-12+/t21-/m1/s1. The van der Waals surface area contributed by atoms with Gasteiger partial charge in [0, 0.05) is 22.1 Å². The number of nitrogens with one attached hydrogen (secondary N) is 1. The molecule has 0 unspecified atom stereocenters. The van der Waals surface area contributed by atoms with Crippen molar-refractivity contribution >= 4 is 29.5 Å². The fourth-order valence-corrected chi connectivity index (χ4v) is 3.26. The van der Waals surface area contributed by atoms with Gasteiger partial charge < -0.3 is 19.7 Å². The van der Waals surface area contributed by atoms with Crippen LogP contribution in [0.2, 0.25) is 0 Å². The summed E-state index contributed by atoms with van der Waals surface area (Å²) in [5.41, 5.74) is 0.448. The third kappa shape index (κ3) is 7.66. The first-order valence-corrected chi connectivity index (χ1v) is 10.8. The average molecular weight is 446 g/mol. The van der Waals surface area contributed by atoms with Gasteiger partial charge in [-0.2, -0.15) is 0 Å². The Hall–Kier alpha value is -2.97. The maximum Gasteiger partial charge on any atom is 0.412 e. The molecule has 0 heterocycles. The fourth-order valence-electron chi connectivity index (χ4n) is 2.85. The van der Waals surface area contributed by atoms with Crippen molar-refractivity contribution in [2.45, 2.75) is 24.8 Å². The number of carboxylic acids is 1. The third-order valence-corrected chi connectivity index (χ3v) is 5.18. The number of amides is 1. The molecule has 166 valence electrons. The molecule has 0 radical (unpaired) electrons. The lowest BCUT2D eigenvalue weighted by Gasteiger charge is -2.31. The molecule has 0 saturated heterocycles. The number of carbonyl (C=O) groups excluding carboxylic acids is 1. The van der Waals surface area contributed by atoms with Crippen LogP contribution in [0.25, 0.3) is 0 Å². The van der Waals surface area contributed by atoms with E-state index in [2.05, 4.69) is 5.32 Å². The summed E-state index contributed by atoms with van der Waals surface area (Å²) >= 11 is 1.60. The normalized spacial score (nSPS) is 12.4. The Labute approximate surface area is 186 Å². The van der Waals surface area contributed by atoms with E-state index in [1.165, 1.54) is 6.08 Å². The molecule has 8 heteroatoms. The van der Waals surface area contributed by atoms with Gasteiger partial charge in [-0.3, -0.25) is 5.32 Å². The molecule has 0 aromatic heterocycles. The highest BCUT2D eigenvalue weighted by Crippen LogP contribution is 2.39. The number of hydrogen-bond donors (Lipinski definition) is 3. The molecule has 7 nitrogen and oxygen atoms in total. The quantitative estimate of drug-likeness (QED) is 0.358. The second-order valence-corrected chi connectivity index (χ2v) is 8.15. The van der Waals surface area contributed by atoms with Crippen LogP contribution in [0.3, 0.4) is 0 Å². The van der Waals surface area contributed by atoms with E-state index in [0.29, 0.717) is 17.0 Å². The van der Waals surface area contributed by atoms with Crippen molar-refractivity contribution in [3.05, 3.63) is 66.2 Å².